The Bertz CT molecular complexity index is 825. The summed E-state index contributed by atoms with van der Waals surface area (Å²) in [6.07, 6.45) is 0. The fraction of sp³-hybridized carbons (Fsp3) is 0.222. The van der Waals surface area contributed by atoms with E-state index in [0.29, 0.717) is 35.3 Å². The van der Waals surface area contributed by atoms with E-state index in [0.717, 1.165) is 10.3 Å². The zero-order valence-corrected chi connectivity index (χ0v) is 18.6. The number of hydrogen-bond acceptors (Lipinski definition) is 1. The van der Waals surface area contributed by atoms with E-state index >= 15 is 0 Å². The van der Waals surface area contributed by atoms with Gasteiger partial charge in [-0.3, -0.25) is 0 Å². The van der Waals surface area contributed by atoms with Crippen molar-refractivity contribution < 1.29 is 4.79 Å². The topological polar surface area (TPSA) is 32.7 Å². The van der Waals surface area contributed by atoms with E-state index in [1.54, 1.807) is 18.2 Å². The molecule has 0 atom stereocenters. The van der Waals surface area contributed by atoms with Crippen LogP contribution < -0.4 is 0 Å². The number of halogens is 2. The van der Waals surface area contributed by atoms with Crippen molar-refractivity contribution in [1.29, 1.82) is 0 Å². The SMILES string of the molecule is CC1(C)[Se][Se]C(=NC(=O)c2ccccc2)N1Cc1ccc(Cl)cc1Cl. The summed E-state index contributed by atoms with van der Waals surface area (Å²) < 4.78 is 0.906. The molecule has 2 aromatic rings. The van der Waals surface area contributed by atoms with Crippen molar-refractivity contribution >= 4 is 60.1 Å². The first-order valence-electron chi connectivity index (χ1n) is 7.62. The molecule has 25 heavy (non-hydrogen) atoms. The molecule has 1 aliphatic heterocycles. The van der Waals surface area contributed by atoms with Crippen molar-refractivity contribution in [2.75, 3.05) is 0 Å². The van der Waals surface area contributed by atoms with E-state index in [9.17, 15) is 4.79 Å². The normalized spacial score (nSPS) is 17.9. The zero-order chi connectivity index (χ0) is 18.0. The van der Waals surface area contributed by atoms with Crippen LogP contribution in [-0.4, -0.2) is 46.2 Å². The number of aliphatic imine (C=N–C) groups is 1. The van der Waals surface area contributed by atoms with E-state index in [1.165, 1.54) is 0 Å². The Morgan fingerprint density at radius 2 is 1.88 bits per heavy atom. The van der Waals surface area contributed by atoms with Gasteiger partial charge in [0.15, 0.2) is 0 Å². The number of nitrogens with zero attached hydrogens (tertiary/aromatic N) is 2. The van der Waals surface area contributed by atoms with Gasteiger partial charge in [-0.05, 0) is 0 Å². The molecule has 0 spiro atoms. The van der Waals surface area contributed by atoms with Crippen LogP contribution in [0.25, 0.3) is 0 Å². The molecular formula is C18H16Cl2N2OSe2. The zero-order valence-electron chi connectivity index (χ0n) is 13.7. The Hall–Kier alpha value is -0.801. The quantitative estimate of drug-likeness (QED) is 0.590. The molecule has 0 bridgehead atoms. The van der Waals surface area contributed by atoms with Gasteiger partial charge in [0, 0.05) is 0 Å². The van der Waals surface area contributed by atoms with Crippen molar-refractivity contribution in [1.82, 2.24) is 4.90 Å². The third-order valence-corrected chi connectivity index (χ3v) is 13.8. The van der Waals surface area contributed by atoms with Gasteiger partial charge in [0.05, 0.1) is 0 Å². The molecule has 0 unspecified atom stereocenters. The van der Waals surface area contributed by atoms with E-state index in [2.05, 4.69) is 23.7 Å². The molecule has 1 aliphatic rings. The Kier molecular flexibility index (Phi) is 5.95. The maximum atomic E-state index is 12.5. The Labute approximate surface area is 168 Å². The number of amidine groups is 1. The molecular weight excluding hydrogens is 489 g/mol. The van der Waals surface area contributed by atoms with Crippen LogP contribution in [0.5, 0.6) is 0 Å². The van der Waals surface area contributed by atoms with Gasteiger partial charge in [0.2, 0.25) is 0 Å². The molecule has 3 nitrogen and oxygen atoms in total. The molecule has 2 aromatic carbocycles. The molecule has 130 valence electrons. The molecule has 0 aromatic heterocycles. The standard InChI is InChI=1S/C18H16Cl2N2OSe2/c1-18(2)22(11-13-8-9-14(19)10-15(13)20)17(24-25-18)21-16(23)12-6-4-3-5-7-12/h3-10H,11H2,1-2H3. The minimum atomic E-state index is -0.182. The van der Waals surface area contributed by atoms with Gasteiger partial charge in [0.25, 0.3) is 0 Å². The molecule has 1 saturated heterocycles. The van der Waals surface area contributed by atoms with Gasteiger partial charge in [-0.2, -0.15) is 0 Å². The number of carbonyl (C=O) groups is 1. The Morgan fingerprint density at radius 3 is 2.56 bits per heavy atom. The molecule has 0 saturated carbocycles. The van der Waals surface area contributed by atoms with Crippen molar-refractivity contribution in [3.05, 3.63) is 69.7 Å². The van der Waals surface area contributed by atoms with Crippen LogP contribution in [0.3, 0.4) is 0 Å². The second-order valence-corrected chi connectivity index (χ2v) is 14.0. The van der Waals surface area contributed by atoms with Crippen LogP contribution in [0.15, 0.2) is 53.5 Å². The van der Waals surface area contributed by atoms with Crippen LogP contribution >= 0.6 is 23.2 Å². The van der Waals surface area contributed by atoms with E-state index < -0.39 is 0 Å². The molecule has 0 aliphatic carbocycles. The summed E-state index contributed by atoms with van der Waals surface area (Å²) in [4.78, 5) is 19.2. The Morgan fingerprint density at radius 1 is 1.16 bits per heavy atom. The fourth-order valence-electron chi connectivity index (χ4n) is 2.35. The summed E-state index contributed by atoms with van der Waals surface area (Å²) in [5.74, 6) is -0.182. The first kappa shape index (κ1) is 19.0. The third kappa shape index (κ3) is 4.49. The summed E-state index contributed by atoms with van der Waals surface area (Å²) in [7, 11) is 0. The first-order valence-corrected chi connectivity index (χ1v) is 14.4. The molecule has 1 fully saturated rings. The second kappa shape index (κ2) is 7.83. The molecule has 0 N–H and O–H groups in total. The summed E-state index contributed by atoms with van der Waals surface area (Å²) in [5, 5.41) is 1.26. The average molecular weight is 505 g/mol. The number of amides is 1. The van der Waals surface area contributed by atoms with Crippen LogP contribution in [-0.2, 0) is 6.54 Å². The van der Waals surface area contributed by atoms with Gasteiger partial charge in [-0.1, -0.05) is 0 Å². The molecule has 3 rings (SSSR count). The first-order chi connectivity index (χ1) is 11.9. The molecule has 0 radical (unpaired) electrons. The summed E-state index contributed by atoms with van der Waals surface area (Å²) in [6.45, 7) is 5.04. The second-order valence-electron chi connectivity index (χ2n) is 6.00. The summed E-state index contributed by atoms with van der Waals surface area (Å²) in [5.41, 5.74) is 1.61. The van der Waals surface area contributed by atoms with Crippen LogP contribution in [0, 0.1) is 0 Å². The molecule has 1 amide bonds. The van der Waals surface area contributed by atoms with Crippen LogP contribution in [0.4, 0.5) is 0 Å². The predicted octanol–water partition coefficient (Wildman–Crippen LogP) is 4.06. The summed E-state index contributed by atoms with van der Waals surface area (Å²) >= 11 is 13.0. The predicted molar refractivity (Wildman–Crippen MR) is 106 cm³/mol. The molecule has 1 heterocycles. The van der Waals surface area contributed by atoms with Crippen molar-refractivity contribution in [3.63, 3.8) is 0 Å². The fourth-order valence-corrected chi connectivity index (χ4v) is 10.7. The van der Waals surface area contributed by atoms with Crippen molar-refractivity contribution in [3.8, 4) is 0 Å². The van der Waals surface area contributed by atoms with Crippen LogP contribution in [0.1, 0.15) is 29.8 Å². The van der Waals surface area contributed by atoms with Crippen molar-refractivity contribution in [2.45, 2.75) is 24.8 Å². The van der Waals surface area contributed by atoms with Crippen molar-refractivity contribution in [2.24, 2.45) is 4.99 Å². The number of hydrogen-bond donors (Lipinski definition) is 0. The van der Waals surface area contributed by atoms with E-state index in [4.69, 9.17) is 23.2 Å². The number of benzene rings is 2. The Balaban J connectivity index is 1.88. The molecule has 7 heteroatoms. The summed E-state index contributed by atoms with van der Waals surface area (Å²) in [6, 6.07) is 14.7. The van der Waals surface area contributed by atoms with E-state index in [-0.39, 0.29) is 23.5 Å². The maximum absolute atomic E-state index is 12.5. The van der Waals surface area contributed by atoms with Gasteiger partial charge in [0.1, 0.15) is 0 Å². The third-order valence-electron chi connectivity index (χ3n) is 3.76. The van der Waals surface area contributed by atoms with E-state index in [1.807, 2.05) is 30.3 Å². The number of carbonyl (C=O) groups excluding carboxylic acids is 1. The van der Waals surface area contributed by atoms with Gasteiger partial charge < -0.3 is 0 Å². The van der Waals surface area contributed by atoms with Crippen LogP contribution in [0.2, 0.25) is 10.0 Å². The average Bonchev–Trinajstić information content (AvgIpc) is 2.85. The van der Waals surface area contributed by atoms with Gasteiger partial charge in [-0.15, -0.1) is 0 Å². The monoisotopic (exact) mass is 506 g/mol. The minimum absolute atomic E-state index is 0.00572. The number of rotatable bonds is 3. The van der Waals surface area contributed by atoms with Gasteiger partial charge in [-0.25, -0.2) is 0 Å². The van der Waals surface area contributed by atoms with Gasteiger partial charge >= 0.3 is 169 Å².